The summed E-state index contributed by atoms with van der Waals surface area (Å²) < 4.78 is 2.26. The topological polar surface area (TPSA) is 29.9 Å². The standard InChI is InChI=1S/C15H27N3/c1-4-9-18-10-8-16-14(18)12-17-13-6-5-7-15(2,3)11-13/h8,10,13,17H,4-7,9,11-12H2,1-3H3. The number of imidazole rings is 1. The Balaban J connectivity index is 1.85. The third-order valence-corrected chi connectivity index (χ3v) is 4.02. The molecule has 0 bridgehead atoms. The number of nitrogens with zero attached hydrogens (tertiary/aromatic N) is 2. The Morgan fingerprint density at radius 1 is 1.50 bits per heavy atom. The van der Waals surface area contributed by atoms with E-state index in [0.717, 1.165) is 13.1 Å². The third-order valence-electron chi connectivity index (χ3n) is 4.02. The summed E-state index contributed by atoms with van der Waals surface area (Å²) in [7, 11) is 0. The van der Waals surface area contributed by atoms with Gasteiger partial charge in [-0.2, -0.15) is 0 Å². The molecule has 0 amide bonds. The molecule has 3 nitrogen and oxygen atoms in total. The monoisotopic (exact) mass is 249 g/mol. The molecule has 1 aromatic heterocycles. The van der Waals surface area contributed by atoms with Crippen LogP contribution in [-0.4, -0.2) is 15.6 Å². The number of hydrogen-bond acceptors (Lipinski definition) is 2. The molecule has 1 atom stereocenters. The van der Waals surface area contributed by atoms with Crippen molar-refractivity contribution in [1.29, 1.82) is 0 Å². The molecule has 1 N–H and O–H groups in total. The van der Waals surface area contributed by atoms with E-state index in [9.17, 15) is 0 Å². The number of aryl methyl sites for hydroxylation is 1. The van der Waals surface area contributed by atoms with Gasteiger partial charge < -0.3 is 9.88 Å². The Labute approximate surface area is 111 Å². The van der Waals surface area contributed by atoms with E-state index in [1.165, 1.54) is 37.9 Å². The molecule has 0 aromatic carbocycles. The maximum atomic E-state index is 4.46. The fourth-order valence-corrected chi connectivity index (χ4v) is 3.06. The molecule has 18 heavy (non-hydrogen) atoms. The van der Waals surface area contributed by atoms with Crippen LogP contribution in [0.2, 0.25) is 0 Å². The van der Waals surface area contributed by atoms with Crippen LogP contribution in [0.1, 0.15) is 58.7 Å². The van der Waals surface area contributed by atoms with Gasteiger partial charge >= 0.3 is 0 Å². The maximum Gasteiger partial charge on any atom is 0.122 e. The van der Waals surface area contributed by atoms with Crippen LogP contribution in [0, 0.1) is 5.41 Å². The van der Waals surface area contributed by atoms with Crippen LogP contribution in [0.4, 0.5) is 0 Å². The fraction of sp³-hybridized carbons (Fsp3) is 0.800. The highest BCUT2D eigenvalue weighted by Gasteiger charge is 2.27. The molecular formula is C15H27N3. The van der Waals surface area contributed by atoms with E-state index in [-0.39, 0.29) is 0 Å². The van der Waals surface area contributed by atoms with Crippen molar-refractivity contribution in [3.63, 3.8) is 0 Å². The molecule has 1 fully saturated rings. The van der Waals surface area contributed by atoms with Gasteiger partial charge in [0.15, 0.2) is 0 Å². The molecule has 1 saturated carbocycles. The summed E-state index contributed by atoms with van der Waals surface area (Å²) in [6.07, 6.45) is 10.5. The fourth-order valence-electron chi connectivity index (χ4n) is 3.06. The maximum absolute atomic E-state index is 4.46. The smallest absolute Gasteiger partial charge is 0.122 e. The van der Waals surface area contributed by atoms with E-state index in [4.69, 9.17) is 0 Å². The summed E-state index contributed by atoms with van der Waals surface area (Å²) in [4.78, 5) is 4.46. The molecule has 102 valence electrons. The van der Waals surface area contributed by atoms with E-state index in [0.29, 0.717) is 11.5 Å². The van der Waals surface area contributed by atoms with Crippen molar-refractivity contribution in [2.75, 3.05) is 0 Å². The second-order valence-corrected chi connectivity index (χ2v) is 6.38. The van der Waals surface area contributed by atoms with Crippen molar-refractivity contribution in [3.05, 3.63) is 18.2 Å². The van der Waals surface area contributed by atoms with Crippen LogP contribution in [0.5, 0.6) is 0 Å². The van der Waals surface area contributed by atoms with Gasteiger partial charge in [0, 0.05) is 25.0 Å². The Morgan fingerprint density at radius 2 is 2.33 bits per heavy atom. The minimum Gasteiger partial charge on any atom is -0.334 e. The summed E-state index contributed by atoms with van der Waals surface area (Å²) in [5.74, 6) is 1.18. The molecule has 0 aliphatic heterocycles. The lowest BCUT2D eigenvalue weighted by atomic mass is 9.75. The molecule has 1 aliphatic carbocycles. The predicted octanol–water partition coefficient (Wildman–Crippen LogP) is 3.35. The average Bonchev–Trinajstić information content (AvgIpc) is 2.73. The van der Waals surface area contributed by atoms with Crippen LogP contribution >= 0.6 is 0 Å². The quantitative estimate of drug-likeness (QED) is 0.867. The highest BCUT2D eigenvalue weighted by Crippen LogP contribution is 2.35. The van der Waals surface area contributed by atoms with E-state index < -0.39 is 0 Å². The molecule has 0 radical (unpaired) electrons. The first kappa shape index (κ1) is 13.6. The van der Waals surface area contributed by atoms with Gasteiger partial charge in [-0.05, 0) is 31.1 Å². The molecule has 0 spiro atoms. The molecule has 1 unspecified atom stereocenters. The number of nitrogens with one attached hydrogen (secondary N) is 1. The van der Waals surface area contributed by atoms with Crippen molar-refractivity contribution in [2.24, 2.45) is 5.41 Å². The SMILES string of the molecule is CCCn1ccnc1CNC1CCCC(C)(C)C1. The average molecular weight is 249 g/mol. The zero-order valence-corrected chi connectivity index (χ0v) is 12.1. The predicted molar refractivity (Wildman–Crippen MR) is 75.4 cm³/mol. The second kappa shape index (κ2) is 5.87. The lowest BCUT2D eigenvalue weighted by Gasteiger charge is -2.35. The Bertz CT molecular complexity index is 368. The highest BCUT2D eigenvalue weighted by atomic mass is 15.1. The Kier molecular flexibility index (Phi) is 4.44. The first-order valence-electron chi connectivity index (χ1n) is 7.34. The van der Waals surface area contributed by atoms with Gasteiger partial charge in [0.2, 0.25) is 0 Å². The highest BCUT2D eigenvalue weighted by molar-refractivity contribution is 4.93. The van der Waals surface area contributed by atoms with Gasteiger partial charge in [-0.15, -0.1) is 0 Å². The van der Waals surface area contributed by atoms with Crippen LogP contribution in [0.15, 0.2) is 12.4 Å². The second-order valence-electron chi connectivity index (χ2n) is 6.38. The van der Waals surface area contributed by atoms with E-state index in [1.807, 2.05) is 6.20 Å². The molecule has 1 aliphatic rings. The number of hydrogen-bond donors (Lipinski definition) is 1. The first-order valence-corrected chi connectivity index (χ1v) is 7.34. The summed E-state index contributed by atoms with van der Waals surface area (Å²) in [5, 5.41) is 3.70. The van der Waals surface area contributed by atoms with Gasteiger partial charge in [0.1, 0.15) is 5.82 Å². The summed E-state index contributed by atoms with van der Waals surface area (Å²) >= 11 is 0. The van der Waals surface area contributed by atoms with Crippen molar-refractivity contribution >= 4 is 0 Å². The summed E-state index contributed by atoms with van der Waals surface area (Å²) in [5.41, 5.74) is 0.509. The van der Waals surface area contributed by atoms with Crippen molar-refractivity contribution in [3.8, 4) is 0 Å². The zero-order chi connectivity index (χ0) is 13.0. The minimum atomic E-state index is 0.509. The van der Waals surface area contributed by atoms with Crippen molar-refractivity contribution in [2.45, 2.75) is 72.0 Å². The van der Waals surface area contributed by atoms with Gasteiger partial charge in [-0.3, -0.25) is 0 Å². The van der Waals surface area contributed by atoms with Gasteiger partial charge in [-0.1, -0.05) is 27.2 Å². The summed E-state index contributed by atoms with van der Waals surface area (Å²) in [6, 6.07) is 0.667. The van der Waals surface area contributed by atoms with Gasteiger partial charge in [0.25, 0.3) is 0 Å². The number of rotatable bonds is 5. The molecule has 1 heterocycles. The molecule has 3 heteroatoms. The molecule has 2 rings (SSSR count). The Morgan fingerprint density at radius 3 is 3.06 bits per heavy atom. The van der Waals surface area contributed by atoms with Crippen LogP contribution in [-0.2, 0) is 13.1 Å². The van der Waals surface area contributed by atoms with Crippen molar-refractivity contribution in [1.82, 2.24) is 14.9 Å². The van der Waals surface area contributed by atoms with Gasteiger partial charge in [0.05, 0.1) is 6.54 Å². The van der Waals surface area contributed by atoms with Crippen LogP contribution in [0.3, 0.4) is 0 Å². The van der Waals surface area contributed by atoms with Crippen molar-refractivity contribution < 1.29 is 0 Å². The normalized spacial score (nSPS) is 23.2. The Hall–Kier alpha value is -0.830. The lowest BCUT2D eigenvalue weighted by Crippen LogP contribution is -2.37. The third kappa shape index (κ3) is 3.58. The zero-order valence-electron chi connectivity index (χ0n) is 12.1. The minimum absolute atomic E-state index is 0.509. The molecular weight excluding hydrogens is 222 g/mol. The van der Waals surface area contributed by atoms with Crippen LogP contribution < -0.4 is 5.32 Å². The van der Waals surface area contributed by atoms with E-state index in [2.05, 4.69) is 41.8 Å². The molecule has 1 aromatic rings. The van der Waals surface area contributed by atoms with E-state index >= 15 is 0 Å². The van der Waals surface area contributed by atoms with Gasteiger partial charge in [-0.25, -0.2) is 4.98 Å². The summed E-state index contributed by atoms with van der Waals surface area (Å²) in [6.45, 7) is 8.97. The lowest BCUT2D eigenvalue weighted by molar-refractivity contribution is 0.197. The largest absolute Gasteiger partial charge is 0.334 e. The number of aromatic nitrogens is 2. The first-order chi connectivity index (χ1) is 8.61. The van der Waals surface area contributed by atoms with Crippen LogP contribution in [0.25, 0.3) is 0 Å². The van der Waals surface area contributed by atoms with E-state index in [1.54, 1.807) is 0 Å². The molecule has 0 saturated heterocycles.